The molecule has 2 aromatic carbocycles. The van der Waals surface area contributed by atoms with Crippen molar-refractivity contribution in [3.8, 4) is 11.5 Å². The Morgan fingerprint density at radius 3 is 2.71 bits per heavy atom. The highest BCUT2D eigenvalue weighted by Gasteiger charge is 2.35. The number of benzene rings is 2. The molecule has 0 amide bonds. The van der Waals surface area contributed by atoms with Crippen LogP contribution in [0.1, 0.15) is 57.2 Å². The predicted octanol–water partition coefficient (Wildman–Crippen LogP) is 6.65. The van der Waals surface area contributed by atoms with Crippen molar-refractivity contribution in [3.63, 3.8) is 0 Å². The Kier molecular flexibility index (Phi) is 9.58. The number of carbonyl (C=O) groups excluding carboxylic acids is 1. The van der Waals surface area contributed by atoms with E-state index in [0.29, 0.717) is 52.1 Å². The SMILES string of the molecule is CCCCOC(=O)C1=C(C)Nc2nc(SCCC)nn2C1c1ccc(OCc2ccccc2Cl)c(OC)c1. The second kappa shape index (κ2) is 13.1. The lowest BCUT2D eigenvalue weighted by molar-refractivity contribution is -0.139. The highest BCUT2D eigenvalue weighted by molar-refractivity contribution is 7.99. The molecule has 4 rings (SSSR count). The number of halogens is 1. The Bertz CT molecular complexity index is 1310. The molecular formula is C28H33ClN4O4S. The summed E-state index contributed by atoms with van der Waals surface area (Å²) in [6.45, 7) is 6.68. The van der Waals surface area contributed by atoms with Gasteiger partial charge in [0.2, 0.25) is 11.1 Å². The number of ether oxygens (including phenoxy) is 3. The Hall–Kier alpha value is -3.17. The fourth-order valence-corrected chi connectivity index (χ4v) is 4.96. The second-order valence-corrected chi connectivity index (χ2v) is 10.3. The third-order valence-electron chi connectivity index (χ3n) is 6.06. The van der Waals surface area contributed by atoms with Crippen LogP contribution in [0.3, 0.4) is 0 Å². The third-order valence-corrected chi connectivity index (χ3v) is 7.48. The number of hydrogen-bond donors (Lipinski definition) is 1. The largest absolute Gasteiger partial charge is 0.493 e. The molecule has 0 saturated carbocycles. The lowest BCUT2D eigenvalue weighted by atomic mass is 9.95. The Morgan fingerprint density at radius 1 is 1.16 bits per heavy atom. The lowest BCUT2D eigenvalue weighted by Crippen LogP contribution is -2.29. The summed E-state index contributed by atoms with van der Waals surface area (Å²) >= 11 is 7.88. The van der Waals surface area contributed by atoms with E-state index >= 15 is 0 Å². The van der Waals surface area contributed by atoms with E-state index in [-0.39, 0.29) is 5.97 Å². The average Bonchev–Trinajstić information content (AvgIpc) is 3.33. The Labute approximate surface area is 232 Å². The molecule has 0 saturated heterocycles. The van der Waals surface area contributed by atoms with Gasteiger partial charge in [-0.15, -0.1) is 5.10 Å². The quantitative estimate of drug-likeness (QED) is 0.151. The summed E-state index contributed by atoms with van der Waals surface area (Å²) in [5, 5.41) is 9.29. The highest BCUT2D eigenvalue weighted by Crippen LogP contribution is 2.40. The van der Waals surface area contributed by atoms with E-state index in [2.05, 4.69) is 24.1 Å². The predicted molar refractivity (Wildman–Crippen MR) is 150 cm³/mol. The molecule has 38 heavy (non-hydrogen) atoms. The van der Waals surface area contributed by atoms with Crippen molar-refractivity contribution < 1.29 is 19.0 Å². The summed E-state index contributed by atoms with van der Waals surface area (Å²) in [5.41, 5.74) is 2.84. The van der Waals surface area contributed by atoms with Crippen LogP contribution in [0.5, 0.6) is 11.5 Å². The molecule has 8 nitrogen and oxygen atoms in total. The van der Waals surface area contributed by atoms with Crippen LogP contribution in [0.4, 0.5) is 5.95 Å². The smallest absolute Gasteiger partial charge is 0.338 e. The van der Waals surface area contributed by atoms with Gasteiger partial charge in [0.1, 0.15) is 12.6 Å². The van der Waals surface area contributed by atoms with Crippen molar-refractivity contribution in [3.05, 3.63) is 69.9 Å². The maximum Gasteiger partial charge on any atom is 0.338 e. The van der Waals surface area contributed by atoms with Crippen LogP contribution in [0.25, 0.3) is 0 Å². The molecule has 0 spiro atoms. The van der Waals surface area contributed by atoms with E-state index in [1.165, 1.54) is 0 Å². The third kappa shape index (κ3) is 6.27. The molecule has 1 unspecified atom stereocenters. The van der Waals surface area contributed by atoms with Crippen LogP contribution >= 0.6 is 23.4 Å². The lowest BCUT2D eigenvalue weighted by Gasteiger charge is -2.28. The number of hydrogen-bond acceptors (Lipinski definition) is 8. The number of unbranched alkanes of at least 4 members (excludes halogenated alkanes) is 1. The molecule has 1 N–H and O–H groups in total. The van der Waals surface area contributed by atoms with Crippen molar-refractivity contribution in [2.24, 2.45) is 0 Å². The van der Waals surface area contributed by atoms with E-state index in [9.17, 15) is 4.79 Å². The van der Waals surface area contributed by atoms with Crippen LogP contribution in [-0.2, 0) is 16.1 Å². The summed E-state index contributed by atoms with van der Waals surface area (Å²) in [6, 6.07) is 12.6. The maximum absolute atomic E-state index is 13.3. The molecule has 3 aromatic rings. The van der Waals surface area contributed by atoms with Crippen LogP contribution in [0, 0.1) is 0 Å². The second-order valence-electron chi connectivity index (χ2n) is 8.86. The van der Waals surface area contributed by atoms with Gasteiger partial charge in [-0.25, -0.2) is 9.48 Å². The number of nitrogens with one attached hydrogen (secondary N) is 1. The van der Waals surface area contributed by atoms with E-state index in [1.807, 2.05) is 49.4 Å². The van der Waals surface area contributed by atoms with E-state index in [1.54, 1.807) is 23.6 Å². The van der Waals surface area contributed by atoms with Gasteiger partial charge in [0.05, 0.1) is 19.3 Å². The fraction of sp³-hybridized carbons (Fsp3) is 0.393. The minimum Gasteiger partial charge on any atom is -0.493 e. The van der Waals surface area contributed by atoms with E-state index < -0.39 is 6.04 Å². The van der Waals surface area contributed by atoms with Crippen LogP contribution < -0.4 is 14.8 Å². The fourth-order valence-electron chi connectivity index (χ4n) is 4.09. The molecular weight excluding hydrogens is 524 g/mol. The number of anilines is 1. The van der Waals surface area contributed by atoms with Gasteiger partial charge in [-0.05, 0) is 43.5 Å². The zero-order valence-electron chi connectivity index (χ0n) is 22.1. The van der Waals surface area contributed by atoms with Crippen molar-refractivity contribution >= 4 is 35.3 Å². The van der Waals surface area contributed by atoms with Gasteiger partial charge >= 0.3 is 5.97 Å². The minimum atomic E-state index is -0.546. The number of nitrogens with zero attached hydrogens (tertiary/aromatic N) is 3. The average molecular weight is 557 g/mol. The molecule has 0 aliphatic carbocycles. The number of aromatic nitrogens is 3. The summed E-state index contributed by atoms with van der Waals surface area (Å²) in [4.78, 5) is 18.0. The normalized spacial score (nSPS) is 14.6. The van der Waals surface area contributed by atoms with Gasteiger partial charge in [0.15, 0.2) is 11.5 Å². The molecule has 0 bridgehead atoms. The molecule has 1 aliphatic rings. The topological polar surface area (TPSA) is 87.5 Å². The number of esters is 1. The molecule has 1 atom stereocenters. The molecule has 202 valence electrons. The molecule has 10 heteroatoms. The first kappa shape index (κ1) is 27.9. The van der Waals surface area contributed by atoms with Crippen LogP contribution in [0.15, 0.2) is 58.9 Å². The molecule has 0 fully saturated rings. The van der Waals surface area contributed by atoms with E-state index in [4.69, 9.17) is 30.9 Å². The Morgan fingerprint density at radius 2 is 1.97 bits per heavy atom. The number of methoxy groups -OCH3 is 1. The number of rotatable bonds is 12. The van der Waals surface area contributed by atoms with Crippen LogP contribution in [0.2, 0.25) is 5.02 Å². The first-order chi connectivity index (χ1) is 18.5. The number of thioether (sulfide) groups is 1. The zero-order valence-corrected chi connectivity index (χ0v) is 23.7. The minimum absolute atomic E-state index is 0.294. The highest BCUT2D eigenvalue weighted by atomic mass is 35.5. The summed E-state index contributed by atoms with van der Waals surface area (Å²) in [5.74, 6) is 2.20. The number of carbonyl (C=O) groups is 1. The van der Waals surface area contributed by atoms with Crippen molar-refractivity contribution in [1.82, 2.24) is 14.8 Å². The van der Waals surface area contributed by atoms with Gasteiger partial charge in [-0.3, -0.25) is 0 Å². The number of fused-ring (bicyclic) bond motifs is 1. The molecule has 0 radical (unpaired) electrons. The van der Waals surface area contributed by atoms with Gasteiger partial charge in [-0.1, -0.05) is 67.9 Å². The van der Waals surface area contributed by atoms with Gasteiger partial charge < -0.3 is 19.5 Å². The monoisotopic (exact) mass is 556 g/mol. The summed E-state index contributed by atoms with van der Waals surface area (Å²) in [7, 11) is 1.59. The first-order valence-corrected chi connectivity index (χ1v) is 14.1. The summed E-state index contributed by atoms with van der Waals surface area (Å²) in [6.07, 6.45) is 2.74. The Balaban J connectivity index is 1.69. The standard InChI is InChI=1S/C28H33ClN4O4S/c1-5-7-14-36-26(34)24-18(3)30-27-31-28(38-15-6-2)32-33(27)25(24)19-12-13-22(23(16-19)35-4)37-17-20-10-8-9-11-21(20)29/h8-13,16,25H,5-7,14-15,17H2,1-4H3,(H,30,31,32). The van der Waals surface area contributed by atoms with Gasteiger partial charge in [-0.2, -0.15) is 4.98 Å². The first-order valence-electron chi connectivity index (χ1n) is 12.7. The van der Waals surface area contributed by atoms with Gasteiger partial charge in [0, 0.05) is 22.0 Å². The van der Waals surface area contributed by atoms with Crippen molar-refractivity contribution in [2.45, 2.75) is 57.8 Å². The number of allylic oxidation sites excluding steroid dienone is 1. The van der Waals surface area contributed by atoms with Crippen LogP contribution in [-0.4, -0.2) is 40.2 Å². The van der Waals surface area contributed by atoms with Crippen molar-refractivity contribution in [2.75, 3.05) is 24.8 Å². The molecule has 2 heterocycles. The maximum atomic E-state index is 13.3. The summed E-state index contributed by atoms with van der Waals surface area (Å²) < 4.78 is 19.1. The van der Waals surface area contributed by atoms with Gasteiger partial charge in [0.25, 0.3) is 0 Å². The van der Waals surface area contributed by atoms with E-state index in [0.717, 1.165) is 36.1 Å². The molecule has 1 aliphatic heterocycles. The van der Waals surface area contributed by atoms with Crippen molar-refractivity contribution in [1.29, 1.82) is 0 Å². The zero-order chi connectivity index (χ0) is 27.1. The molecule has 1 aromatic heterocycles.